The second-order valence-corrected chi connectivity index (χ2v) is 9.81. The minimum atomic E-state index is 0.150. The Morgan fingerprint density at radius 2 is 1.30 bits per heavy atom. The smallest absolute Gasteiger partial charge is 0.320 e. The van der Waals surface area contributed by atoms with Crippen LogP contribution in [0.3, 0.4) is 0 Å². The average Bonchev–Trinajstić information content (AvgIpc) is 3.39. The zero-order valence-electron chi connectivity index (χ0n) is 20.1. The number of nitrogens with one attached hydrogen (secondary N) is 1. The number of urea groups is 1. The number of hydrogen-bond donors (Lipinski definition) is 1. The first-order valence-electron chi connectivity index (χ1n) is 13.0. The summed E-state index contributed by atoms with van der Waals surface area (Å²) in [6, 6.07) is 8.91. The van der Waals surface area contributed by atoms with Crippen molar-refractivity contribution in [2.45, 2.75) is 51.5 Å². The van der Waals surface area contributed by atoms with Crippen LogP contribution in [0.4, 0.5) is 4.79 Å². The van der Waals surface area contributed by atoms with Crippen molar-refractivity contribution in [1.29, 1.82) is 0 Å². The van der Waals surface area contributed by atoms with Gasteiger partial charge in [-0.3, -0.25) is 9.69 Å². The van der Waals surface area contributed by atoms with E-state index >= 15 is 0 Å². The molecule has 0 bridgehead atoms. The van der Waals surface area contributed by atoms with E-state index in [1.807, 2.05) is 9.80 Å². The van der Waals surface area contributed by atoms with Gasteiger partial charge in [0.05, 0.1) is 0 Å². The van der Waals surface area contributed by atoms with Gasteiger partial charge in [0.25, 0.3) is 0 Å². The first-order chi connectivity index (χ1) is 16.2. The van der Waals surface area contributed by atoms with Gasteiger partial charge in [-0.05, 0) is 56.3 Å². The molecular weight excluding hydrogens is 414 g/mol. The highest BCUT2D eigenvalue weighted by Crippen LogP contribution is 2.15. The van der Waals surface area contributed by atoms with Crippen LogP contribution < -0.4 is 5.32 Å². The van der Waals surface area contributed by atoms with Gasteiger partial charge in [0, 0.05) is 65.3 Å². The summed E-state index contributed by atoms with van der Waals surface area (Å²) in [5, 5.41) is 3.08. The third-order valence-electron chi connectivity index (χ3n) is 7.29. The number of carbonyl (C=O) groups is 2. The van der Waals surface area contributed by atoms with Crippen LogP contribution in [0, 0.1) is 0 Å². The first kappa shape index (κ1) is 24.0. The van der Waals surface area contributed by atoms with Crippen LogP contribution in [0.5, 0.6) is 0 Å². The third kappa shape index (κ3) is 7.44. The molecule has 3 heterocycles. The molecule has 1 N–H and O–H groups in total. The predicted molar refractivity (Wildman–Crippen MR) is 131 cm³/mol. The minimum Gasteiger partial charge on any atom is -0.355 e. The van der Waals surface area contributed by atoms with Crippen molar-refractivity contribution in [3.8, 4) is 0 Å². The number of piperidine rings is 1. The molecule has 7 nitrogen and oxygen atoms in total. The Balaban J connectivity index is 1.11. The monoisotopic (exact) mass is 455 g/mol. The Bertz CT molecular complexity index is 748. The van der Waals surface area contributed by atoms with Crippen LogP contribution in [0.2, 0.25) is 0 Å². The molecule has 0 saturated carbocycles. The van der Waals surface area contributed by atoms with Crippen molar-refractivity contribution in [2.75, 3.05) is 65.4 Å². The zero-order valence-corrected chi connectivity index (χ0v) is 20.1. The molecule has 1 aromatic carbocycles. The summed E-state index contributed by atoms with van der Waals surface area (Å²) in [4.78, 5) is 33.6. The summed E-state index contributed by atoms with van der Waals surface area (Å²) in [7, 11) is 0. The lowest BCUT2D eigenvalue weighted by Gasteiger charge is -2.36. The van der Waals surface area contributed by atoms with Gasteiger partial charge in [0.2, 0.25) is 5.91 Å². The molecule has 0 radical (unpaired) electrons. The van der Waals surface area contributed by atoms with E-state index in [1.54, 1.807) is 0 Å². The van der Waals surface area contributed by atoms with Crippen molar-refractivity contribution in [3.63, 3.8) is 0 Å². The van der Waals surface area contributed by atoms with Gasteiger partial charge in [0.15, 0.2) is 0 Å². The lowest BCUT2D eigenvalue weighted by atomic mass is 10.1. The standard InChI is InChI=1S/C26H41N5O2/c32-25(27-12-17-28-13-2-1-3-14-28)11-10-23-6-8-24(9-7-23)22-29-18-20-31(21-19-29)26(33)30-15-4-5-16-30/h6-9H,1-5,10-22H2,(H,27,32). The summed E-state index contributed by atoms with van der Waals surface area (Å²) < 4.78 is 0. The number of hydrogen-bond acceptors (Lipinski definition) is 4. The number of rotatable bonds is 8. The lowest BCUT2D eigenvalue weighted by Crippen LogP contribution is -2.52. The molecule has 182 valence electrons. The van der Waals surface area contributed by atoms with Crippen molar-refractivity contribution < 1.29 is 9.59 Å². The molecule has 3 amide bonds. The Morgan fingerprint density at radius 3 is 2.00 bits per heavy atom. The summed E-state index contributed by atoms with van der Waals surface area (Å²) in [5.74, 6) is 0.150. The molecule has 0 aliphatic carbocycles. The maximum atomic E-state index is 12.5. The molecule has 3 aliphatic rings. The quantitative estimate of drug-likeness (QED) is 0.655. The Labute approximate surface area is 199 Å². The molecule has 4 rings (SSSR count). The normalized spacial score (nSPS) is 20.2. The number of nitrogens with zero attached hydrogens (tertiary/aromatic N) is 4. The fourth-order valence-electron chi connectivity index (χ4n) is 5.16. The third-order valence-corrected chi connectivity index (χ3v) is 7.29. The van der Waals surface area contributed by atoms with Gasteiger partial charge in [-0.25, -0.2) is 4.79 Å². The van der Waals surface area contributed by atoms with E-state index < -0.39 is 0 Å². The summed E-state index contributed by atoms with van der Waals surface area (Å²) >= 11 is 0. The van der Waals surface area contributed by atoms with E-state index in [0.717, 1.165) is 78.2 Å². The summed E-state index contributed by atoms with van der Waals surface area (Å²) in [6.07, 6.45) is 7.55. The second kappa shape index (κ2) is 12.4. The van der Waals surface area contributed by atoms with E-state index in [2.05, 4.69) is 39.4 Å². The van der Waals surface area contributed by atoms with Gasteiger partial charge in [-0.15, -0.1) is 0 Å². The highest BCUT2D eigenvalue weighted by molar-refractivity contribution is 5.76. The Hall–Kier alpha value is -2.12. The zero-order chi connectivity index (χ0) is 22.9. The molecule has 0 spiro atoms. The number of likely N-dealkylation sites (tertiary alicyclic amines) is 2. The minimum absolute atomic E-state index is 0.150. The van der Waals surface area contributed by atoms with E-state index in [4.69, 9.17) is 0 Å². The van der Waals surface area contributed by atoms with Crippen molar-refractivity contribution >= 4 is 11.9 Å². The SMILES string of the molecule is O=C(CCc1ccc(CN2CCN(C(=O)N3CCCC3)CC2)cc1)NCCN1CCCCC1. The molecule has 1 aromatic rings. The maximum absolute atomic E-state index is 12.5. The largest absolute Gasteiger partial charge is 0.355 e. The van der Waals surface area contributed by atoms with Crippen molar-refractivity contribution in [3.05, 3.63) is 35.4 Å². The van der Waals surface area contributed by atoms with Gasteiger partial charge >= 0.3 is 6.03 Å². The summed E-state index contributed by atoms with van der Waals surface area (Å²) in [5.41, 5.74) is 2.51. The van der Waals surface area contributed by atoms with Crippen molar-refractivity contribution in [2.24, 2.45) is 0 Å². The average molecular weight is 456 g/mol. The predicted octanol–water partition coefficient (Wildman–Crippen LogP) is 2.55. The van der Waals surface area contributed by atoms with Crippen LogP contribution >= 0.6 is 0 Å². The van der Waals surface area contributed by atoms with Crippen LogP contribution in [0.1, 0.15) is 49.7 Å². The molecule has 33 heavy (non-hydrogen) atoms. The van der Waals surface area contributed by atoms with E-state index in [9.17, 15) is 9.59 Å². The van der Waals surface area contributed by atoms with Gasteiger partial charge in [0.1, 0.15) is 0 Å². The fraction of sp³-hybridized carbons (Fsp3) is 0.692. The molecule has 0 atom stereocenters. The topological polar surface area (TPSA) is 59.1 Å². The van der Waals surface area contributed by atoms with Gasteiger partial charge in [-0.1, -0.05) is 30.7 Å². The first-order valence-corrected chi connectivity index (χ1v) is 13.0. The number of carbonyl (C=O) groups excluding carboxylic acids is 2. The Kier molecular flexibility index (Phi) is 9.01. The van der Waals surface area contributed by atoms with Gasteiger partial charge in [-0.2, -0.15) is 0 Å². The van der Waals surface area contributed by atoms with E-state index in [1.165, 1.54) is 43.5 Å². The Morgan fingerprint density at radius 1 is 0.697 bits per heavy atom. The molecule has 3 saturated heterocycles. The second-order valence-electron chi connectivity index (χ2n) is 9.81. The molecule has 3 aliphatic heterocycles. The van der Waals surface area contributed by atoms with Crippen LogP contribution in [0.15, 0.2) is 24.3 Å². The van der Waals surface area contributed by atoms with Crippen LogP contribution in [0.25, 0.3) is 0 Å². The maximum Gasteiger partial charge on any atom is 0.320 e. The number of piperazine rings is 1. The highest BCUT2D eigenvalue weighted by atomic mass is 16.2. The summed E-state index contributed by atoms with van der Waals surface area (Å²) in [6.45, 7) is 10.3. The fourth-order valence-corrected chi connectivity index (χ4v) is 5.16. The molecule has 7 heteroatoms. The molecule has 0 unspecified atom stereocenters. The number of amides is 3. The van der Waals surface area contributed by atoms with Crippen LogP contribution in [-0.4, -0.2) is 97.0 Å². The molecule has 3 fully saturated rings. The van der Waals surface area contributed by atoms with Crippen molar-refractivity contribution in [1.82, 2.24) is 24.9 Å². The van der Waals surface area contributed by atoms with Gasteiger partial charge < -0.3 is 20.0 Å². The lowest BCUT2D eigenvalue weighted by molar-refractivity contribution is -0.121. The molecule has 0 aromatic heterocycles. The van der Waals surface area contributed by atoms with Crippen LogP contribution in [-0.2, 0) is 17.8 Å². The van der Waals surface area contributed by atoms with E-state index in [0.29, 0.717) is 6.42 Å². The highest BCUT2D eigenvalue weighted by Gasteiger charge is 2.26. The number of benzene rings is 1. The van der Waals surface area contributed by atoms with E-state index in [-0.39, 0.29) is 11.9 Å². The molecular formula is C26H41N5O2. The number of aryl methyl sites for hydroxylation is 1.